The number of aliphatic hydroxyl groups is 1. The van der Waals surface area contributed by atoms with Crippen LogP contribution in [-0.4, -0.2) is 5.11 Å². The fraction of sp³-hybridized carbons (Fsp3) is 0.625. The minimum atomic E-state index is -0.545. The van der Waals surface area contributed by atoms with E-state index < -0.39 is 5.60 Å². The van der Waals surface area contributed by atoms with E-state index in [-0.39, 0.29) is 0 Å². The molecule has 1 aliphatic carbocycles. The quantitative estimate of drug-likeness (QED) is 0.833. The Kier molecular flexibility index (Phi) is 3.58. The fourth-order valence-electron chi connectivity index (χ4n) is 2.88. The molecular weight excluding hydrogens is 208 g/mol. The molecule has 1 aromatic rings. The first-order valence-corrected chi connectivity index (χ1v) is 6.84. The van der Waals surface area contributed by atoms with Crippen molar-refractivity contribution < 1.29 is 5.11 Å². The van der Waals surface area contributed by atoms with Gasteiger partial charge in [-0.15, -0.1) is 0 Å². The standard InChI is InChI=1S/C16H24O/c1-12(2)5-4-9-16(17)10-8-14-7-6-13(3)11-15(14)16/h6-7,11-12,17H,4-5,8-10H2,1-3H3. The second kappa shape index (κ2) is 4.81. The molecule has 1 aromatic carbocycles. The van der Waals surface area contributed by atoms with Gasteiger partial charge in [0.2, 0.25) is 0 Å². The third-order valence-electron chi connectivity index (χ3n) is 3.95. The van der Waals surface area contributed by atoms with Crippen molar-refractivity contribution >= 4 is 0 Å². The van der Waals surface area contributed by atoms with Gasteiger partial charge >= 0.3 is 0 Å². The van der Waals surface area contributed by atoms with Crippen LogP contribution in [0.1, 0.15) is 56.2 Å². The van der Waals surface area contributed by atoms with Crippen LogP contribution < -0.4 is 0 Å². The summed E-state index contributed by atoms with van der Waals surface area (Å²) in [6.45, 7) is 6.60. The Morgan fingerprint density at radius 3 is 2.82 bits per heavy atom. The molecule has 1 aliphatic rings. The summed E-state index contributed by atoms with van der Waals surface area (Å²) in [5.41, 5.74) is 3.26. The third-order valence-corrected chi connectivity index (χ3v) is 3.95. The Labute approximate surface area is 105 Å². The summed E-state index contributed by atoms with van der Waals surface area (Å²) in [5.74, 6) is 0.733. The van der Waals surface area contributed by atoms with Crippen molar-refractivity contribution in [3.05, 3.63) is 34.9 Å². The lowest BCUT2D eigenvalue weighted by atomic mass is 9.88. The van der Waals surface area contributed by atoms with Crippen LogP contribution in [-0.2, 0) is 12.0 Å². The van der Waals surface area contributed by atoms with E-state index in [2.05, 4.69) is 39.0 Å². The lowest BCUT2D eigenvalue weighted by molar-refractivity contribution is 0.0260. The molecule has 0 saturated heterocycles. The Hall–Kier alpha value is -0.820. The molecule has 0 aliphatic heterocycles. The van der Waals surface area contributed by atoms with E-state index >= 15 is 0 Å². The number of hydrogen-bond donors (Lipinski definition) is 1. The van der Waals surface area contributed by atoms with E-state index in [4.69, 9.17) is 0 Å². The number of aryl methyl sites for hydroxylation is 2. The molecule has 0 amide bonds. The maximum Gasteiger partial charge on any atom is 0.0902 e. The second-order valence-corrected chi connectivity index (χ2v) is 5.98. The predicted octanol–water partition coefficient (Wildman–Crippen LogP) is 3.96. The van der Waals surface area contributed by atoms with Gasteiger partial charge in [-0.25, -0.2) is 0 Å². The molecule has 1 heteroatoms. The van der Waals surface area contributed by atoms with E-state index in [0.717, 1.165) is 31.6 Å². The Morgan fingerprint density at radius 1 is 1.35 bits per heavy atom. The number of rotatable bonds is 4. The molecule has 1 unspecified atom stereocenters. The third kappa shape index (κ3) is 2.71. The van der Waals surface area contributed by atoms with Crippen molar-refractivity contribution in [1.82, 2.24) is 0 Å². The molecule has 1 nitrogen and oxygen atoms in total. The predicted molar refractivity (Wildman–Crippen MR) is 72.1 cm³/mol. The van der Waals surface area contributed by atoms with Gasteiger partial charge in [0.15, 0.2) is 0 Å². The smallest absolute Gasteiger partial charge is 0.0902 e. The number of benzene rings is 1. The van der Waals surface area contributed by atoms with Crippen molar-refractivity contribution in [2.24, 2.45) is 5.92 Å². The van der Waals surface area contributed by atoms with Crippen LogP contribution in [0.25, 0.3) is 0 Å². The van der Waals surface area contributed by atoms with Crippen LogP contribution in [0.4, 0.5) is 0 Å². The highest BCUT2D eigenvalue weighted by atomic mass is 16.3. The molecule has 0 radical (unpaired) electrons. The summed E-state index contributed by atoms with van der Waals surface area (Å²) in [6.07, 6.45) is 5.20. The van der Waals surface area contributed by atoms with Crippen molar-refractivity contribution in [2.45, 2.75) is 58.5 Å². The van der Waals surface area contributed by atoms with Crippen LogP contribution >= 0.6 is 0 Å². The van der Waals surface area contributed by atoms with Gasteiger partial charge in [0.25, 0.3) is 0 Å². The fourth-order valence-corrected chi connectivity index (χ4v) is 2.88. The molecule has 1 atom stereocenters. The Bertz CT molecular complexity index is 395. The summed E-state index contributed by atoms with van der Waals surface area (Å²) in [5, 5.41) is 10.8. The highest BCUT2D eigenvalue weighted by Crippen LogP contribution is 2.41. The van der Waals surface area contributed by atoms with E-state index in [0.29, 0.717) is 0 Å². The lowest BCUT2D eigenvalue weighted by Crippen LogP contribution is -2.22. The molecule has 0 heterocycles. The summed E-state index contributed by atoms with van der Waals surface area (Å²) in [4.78, 5) is 0. The van der Waals surface area contributed by atoms with E-state index in [9.17, 15) is 5.11 Å². The van der Waals surface area contributed by atoms with E-state index in [1.165, 1.54) is 23.1 Å². The highest BCUT2D eigenvalue weighted by Gasteiger charge is 2.35. The maximum absolute atomic E-state index is 10.8. The first-order chi connectivity index (χ1) is 8.01. The summed E-state index contributed by atoms with van der Waals surface area (Å²) < 4.78 is 0. The van der Waals surface area contributed by atoms with Gasteiger partial charge < -0.3 is 5.11 Å². The molecule has 2 rings (SSSR count). The normalized spacial score (nSPS) is 23.1. The van der Waals surface area contributed by atoms with Crippen molar-refractivity contribution in [2.75, 3.05) is 0 Å². The van der Waals surface area contributed by atoms with Gasteiger partial charge in [-0.05, 0) is 49.7 Å². The van der Waals surface area contributed by atoms with Gasteiger partial charge in [0.05, 0.1) is 5.60 Å². The minimum Gasteiger partial charge on any atom is -0.385 e. The van der Waals surface area contributed by atoms with Crippen LogP contribution in [0.2, 0.25) is 0 Å². The zero-order valence-electron chi connectivity index (χ0n) is 11.3. The minimum absolute atomic E-state index is 0.545. The van der Waals surface area contributed by atoms with E-state index in [1.54, 1.807) is 0 Å². The molecule has 0 saturated carbocycles. The molecule has 17 heavy (non-hydrogen) atoms. The van der Waals surface area contributed by atoms with Gasteiger partial charge in [0.1, 0.15) is 0 Å². The Balaban J connectivity index is 2.10. The molecule has 0 aromatic heterocycles. The highest BCUT2D eigenvalue weighted by molar-refractivity contribution is 5.39. The van der Waals surface area contributed by atoms with E-state index in [1.807, 2.05) is 0 Å². The summed E-state index contributed by atoms with van der Waals surface area (Å²) in [7, 11) is 0. The van der Waals surface area contributed by atoms with Gasteiger partial charge in [-0.3, -0.25) is 0 Å². The molecule has 0 bridgehead atoms. The number of fused-ring (bicyclic) bond motifs is 1. The summed E-state index contributed by atoms with van der Waals surface area (Å²) >= 11 is 0. The monoisotopic (exact) mass is 232 g/mol. The zero-order valence-corrected chi connectivity index (χ0v) is 11.3. The van der Waals surface area contributed by atoms with Gasteiger partial charge in [-0.2, -0.15) is 0 Å². The largest absolute Gasteiger partial charge is 0.385 e. The molecule has 0 spiro atoms. The molecular formula is C16H24O. The van der Waals surface area contributed by atoms with Crippen molar-refractivity contribution in [1.29, 1.82) is 0 Å². The number of hydrogen-bond acceptors (Lipinski definition) is 1. The van der Waals surface area contributed by atoms with Crippen molar-refractivity contribution in [3.63, 3.8) is 0 Å². The van der Waals surface area contributed by atoms with Gasteiger partial charge in [0, 0.05) is 0 Å². The topological polar surface area (TPSA) is 20.2 Å². The average molecular weight is 232 g/mol. The molecule has 0 fully saturated rings. The van der Waals surface area contributed by atoms with Crippen LogP contribution in [0.5, 0.6) is 0 Å². The average Bonchev–Trinajstić information content (AvgIpc) is 2.56. The van der Waals surface area contributed by atoms with Crippen molar-refractivity contribution in [3.8, 4) is 0 Å². The molecule has 1 N–H and O–H groups in total. The first-order valence-electron chi connectivity index (χ1n) is 6.84. The first kappa shape index (κ1) is 12.6. The summed E-state index contributed by atoms with van der Waals surface area (Å²) in [6, 6.07) is 6.52. The zero-order chi connectivity index (χ0) is 12.5. The second-order valence-electron chi connectivity index (χ2n) is 5.98. The van der Waals surface area contributed by atoms with Crippen LogP contribution in [0, 0.1) is 12.8 Å². The Morgan fingerprint density at radius 2 is 2.12 bits per heavy atom. The lowest BCUT2D eigenvalue weighted by Gasteiger charge is -2.24. The van der Waals surface area contributed by atoms with Crippen LogP contribution in [0.3, 0.4) is 0 Å². The molecule has 94 valence electrons. The maximum atomic E-state index is 10.8. The SMILES string of the molecule is Cc1ccc2c(c1)C(O)(CCCC(C)C)CC2. The van der Waals surface area contributed by atoms with Crippen LogP contribution in [0.15, 0.2) is 18.2 Å². The van der Waals surface area contributed by atoms with Gasteiger partial charge in [-0.1, -0.05) is 44.0 Å².